The molecule has 1 heterocycles. The van der Waals surface area contributed by atoms with Crippen LogP contribution in [0.5, 0.6) is 11.5 Å². The molecule has 1 amide bonds. The fourth-order valence-corrected chi connectivity index (χ4v) is 1.90. The molecule has 1 N–H and O–H groups in total. The van der Waals surface area contributed by atoms with Gasteiger partial charge in [0.15, 0.2) is 11.5 Å². The van der Waals surface area contributed by atoms with Crippen LogP contribution in [0.25, 0.3) is 0 Å². The number of amides is 1. The van der Waals surface area contributed by atoms with Gasteiger partial charge < -0.3 is 14.8 Å². The Morgan fingerprint density at radius 1 is 1.38 bits per heavy atom. The second-order valence-corrected chi connectivity index (χ2v) is 4.38. The van der Waals surface area contributed by atoms with Crippen molar-refractivity contribution in [2.45, 2.75) is 13.3 Å². The predicted octanol–water partition coefficient (Wildman–Crippen LogP) is 2.01. The van der Waals surface area contributed by atoms with Crippen LogP contribution in [0.1, 0.15) is 13.3 Å². The Morgan fingerprint density at radius 2 is 2.12 bits per heavy atom. The highest BCUT2D eigenvalue weighted by Crippen LogP contribution is 2.39. The number of hydrogen-bond acceptors (Lipinski definition) is 3. The first-order chi connectivity index (χ1) is 7.74. The molecule has 16 heavy (non-hydrogen) atoms. The number of anilines is 1. The maximum atomic E-state index is 11.7. The molecule has 0 unspecified atom stereocenters. The number of rotatable bonds is 2. The summed E-state index contributed by atoms with van der Waals surface area (Å²) in [6.07, 6.45) is 0.996. The van der Waals surface area contributed by atoms with Gasteiger partial charge in [0, 0.05) is 17.7 Å². The van der Waals surface area contributed by atoms with Crippen LogP contribution in [0, 0.1) is 11.8 Å². The first-order valence-electron chi connectivity index (χ1n) is 5.44. The van der Waals surface area contributed by atoms with E-state index in [4.69, 9.17) is 9.47 Å². The lowest BCUT2D eigenvalue weighted by molar-refractivity contribution is -0.117. The highest BCUT2D eigenvalue weighted by atomic mass is 16.7. The summed E-state index contributed by atoms with van der Waals surface area (Å²) in [6, 6.07) is 5.44. The minimum absolute atomic E-state index is 0.103. The highest BCUT2D eigenvalue weighted by Gasteiger charge is 2.39. The molecule has 1 aliphatic heterocycles. The van der Waals surface area contributed by atoms with Gasteiger partial charge in [-0.15, -0.1) is 0 Å². The minimum atomic E-state index is 0.103. The first kappa shape index (κ1) is 9.51. The van der Waals surface area contributed by atoms with Crippen LogP contribution in [-0.2, 0) is 4.79 Å². The van der Waals surface area contributed by atoms with Gasteiger partial charge in [-0.2, -0.15) is 0 Å². The van der Waals surface area contributed by atoms with Crippen molar-refractivity contribution >= 4 is 11.6 Å². The molecule has 2 atom stereocenters. The quantitative estimate of drug-likeness (QED) is 0.827. The molecule has 1 aliphatic carbocycles. The summed E-state index contributed by atoms with van der Waals surface area (Å²) in [6.45, 7) is 2.34. The van der Waals surface area contributed by atoms with Gasteiger partial charge in [0.05, 0.1) is 0 Å². The van der Waals surface area contributed by atoms with E-state index in [2.05, 4.69) is 12.2 Å². The molecule has 1 saturated carbocycles. The van der Waals surface area contributed by atoms with E-state index in [1.807, 2.05) is 12.1 Å². The van der Waals surface area contributed by atoms with Gasteiger partial charge in [0.2, 0.25) is 12.7 Å². The van der Waals surface area contributed by atoms with Crippen LogP contribution in [0.3, 0.4) is 0 Å². The Bertz CT molecular complexity index is 444. The fourth-order valence-electron chi connectivity index (χ4n) is 1.90. The van der Waals surface area contributed by atoms with E-state index in [0.717, 1.165) is 17.9 Å². The Balaban J connectivity index is 1.73. The predicted molar refractivity (Wildman–Crippen MR) is 58.5 cm³/mol. The number of nitrogens with one attached hydrogen (secondary N) is 1. The Hall–Kier alpha value is -1.71. The van der Waals surface area contributed by atoms with Gasteiger partial charge in [-0.05, 0) is 24.5 Å². The molecule has 3 rings (SSSR count). The van der Waals surface area contributed by atoms with Crippen molar-refractivity contribution in [2.24, 2.45) is 11.8 Å². The van der Waals surface area contributed by atoms with Crippen LogP contribution in [-0.4, -0.2) is 12.7 Å². The number of hydrogen-bond donors (Lipinski definition) is 1. The molecule has 0 aromatic heterocycles. The lowest BCUT2D eigenvalue weighted by Gasteiger charge is -2.05. The van der Waals surface area contributed by atoms with Crippen LogP contribution >= 0.6 is 0 Å². The number of carbonyl (C=O) groups excluding carboxylic acids is 1. The van der Waals surface area contributed by atoms with Gasteiger partial charge in [-0.3, -0.25) is 4.79 Å². The van der Waals surface area contributed by atoms with Crippen molar-refractivity contribution in [3.63, 3.8) is 0 Å². The zero-order chi connectivity index (χ0) is 11.1. The number of carbonyl (C=O) groups is 1. The molecule has 4 heteroatoms. The standard InChI is InChI=1S/C12H13NO3/c1-7-4-9(7)12(14)13-8-2-3-10-11(5-8)16-6-15-10/h2-3,5,7,9H,4,6H2,1H3,(H,13,14)/t7-,9+/m0/s1. The SMILES string of the molecule is C[C@H]1C[C@H]1C(=O)Nc1ccc2c(c1)OCO2. The van der Waals surface area contributed by atoms with Gasteiger partial charge in [-0.1, -0.05) is 6.92 Å². The average molecular weight is 219 g/mol. The highest BCUT2D eigenvalue weighted by molar-refractivity contribution is 5.94. The molecule has 0 radical (unpaired) electrons. The third kappa shape index (κ3) is 1.60. The maximum Gasteiger partial charge on any atom is 0.231 e. The van der Waals surface area contributed by atoms with E-state index in [-0.39, 0.29) is 18.6 Å². The zero-order valence-corrected chi connectivity index (χ0v) is 9.03. The molecule has 1 fully saturated rings. The molecule has 1 aromatic rings. The Morgan fingerprint density at radius 3 is 2.88 bits per heavy atom. The van der Waals surface area contributed by atoms with Gasteiger partial charge in [0.25, 0.3) is 0 Å². The van der Waals surface area contributed by atoms with Gasteiger partial charge in [0.1, 0.15) is 0 Å². The number of benzene rings is 1. The zero-order valence-electron chi connectivity index (χ0n) is 9.03. The first-order valence-corrected chi connectivity index (χ1v) is 5.44. The summed E-state index contributed by atoms with van der Waals surface area (Å²) in [7, 11) is 0. The van der Waals surface area contributed by atoms with E-state index in [0.29, 0.717) is 11.7 Å². The normalized spacial score (nSPS) is 25.3. The van der Waals surface area contributed by atoms with Gasteiger partial charge >= 0.3 is 0 Å². The second-order valence-electron chi connectivity index (χ2n) is 4.38. The maximum absolute atomic E-state index is 11.7. The minimum Gasteiger partial charge on any atom is -0.454 e. The summed E-state index contributed by atoms with van der Waals surface area (Å²) < 4.78 is 10.4. The third-order valence-electron chi connectivity index (χ3n) is 3.09. The summed E-state index contributed by atoms with van der Waals surface area (Å²) in [5.74, 6) is 2.24. The average Bonchev–Trinajstić information content (AvgIpc) is 2.83. The van der Waals surface area contributed by atoms with Crippen molar-refractivity contribution < 1.29 is 14.3 Å². The molecule has 84 valence electrons. The largest absolute Gasteiger partial charge is 0.454 e. The van der Waals surface area contributed by atoms with Crippen LogP contribution in [0.4, 0.5) is 5.69 Å². The van der Waals surface area contributed by atoms with Crippen LogP contribution in [0.15, 0.2) is 18.2 Å². The molecular weight excluding hydrogens is 206 g/mol. The molecule has 0 spiro atoms. The smallest absolute Gasteiger partial charge is 0.231 e. The summed E-state index contributed by atoms with van der Waals surface area (Å²) in [4.78, 5) is 11.7. The summed E-state index contributed by atoms with van der Waals surface area (Å²) in [5, 5.41) is 2.89. The van der Waals surface area contributed by atoms with Crippen molar-refractivity contribution in [1.82, 2.24) is 0 Å². The lowest BCUT2D eigenvalue weighted by atomic mass is 10.2. The third-order valence-corrected chi connectivity index (χ3v) is 3.09. The van der Waals surface area contributed by atoms with E-state index in [1.165, 1.54) is 0 Å². The molecule has 1 aromatic carbocycles. The van der Waals surface area contributed by atoms with E-state index >= 15 is 0 Å². The van der Waals surface area contributed by atoms with Crippen LogP contribution < -0.4 is 14.8 Å². The fraction of sp³-hybridized carbons (Fsp3) is 0.417. The monoisotopic (exact) mass is 219 g/mol. The lowest BCUT2D eigenvalue weighted by Crippen LogP contribution is -2.14. The van der Waals surface area contributed by atoms with Crippen LogP contribution in [0.2, 0.25) is 0 Å². The van der Waals surface area contributed by atoms with E-state index < -0.39 is 0 Å². The summed E-state index contributed by atoms with van der Waals surface area (Å²) in [5.41, 5.74) is 0.772. The number of ether oxygens (including phenoxy) is 2. The Kier molecular flexibility index (Phi) is 2.02. The van der Waals surface area contributed by atoms with E-state index in [1.54, 1.807) is 6.07 Å². The molecule has 0 saturated heterocycles. The van der Waals surface area contributed by atoms with Crippen molar-refractivity contribution in [1.29, 1.82) is 0 Å². The van der Waals surface area contributed by atoms with E-state index in [9.17, 15) is 4.79 Å². The number of fused-ring (bicyclic) bond motifs is 1. The second kappa shape index (κ2) is 3.40. The molecule has 0 bridgehead atoms. The van der Waals surface area contributed by atoms with Gasteiger partial charge in [-0.25, -0.2) is 0 Å². The molecule has 4 nitrogen and oxygen atoms in total. The molecular formula is C12H13NO3. The van der Waals surface area contributed by atoms with Crippen molar-refractivity contribution in [3.05, 3.63) is 18.2 Å². The Labute approximate surface area is 93.5 Å². The molecule has 2 aliphatic rings. The van der Waals surface area contributed by atoms with Crippen molar-refractivity contribution in [3.8, 4) is 11.5 Å². The topological polar surface area (TPSA) is 47.6 Å². The summed E-state index contributed by atoms with van der Waals surface area (Å²) >= 11 is 0. The van der Waals surface area contributed by atoms with Crippen molar-refractivity contribution in [2.75, 3.05) is 12.1 Å².